The molecule has 1 aliphatic heterocycles. The monoisotopic (exact) mass is 360 g/mol. The minimum atomic E-state index is -0.159. The van der Waals surface area contributed by atoms with Gasteiger partial charge < -0.3 is 4.74 Å². The van der Waals surface area contributed by atoms with Gasteiger partial charge in [-0.15, -0.1) is 5.10 Å². The minimum absolute atomic E-state index is 0.159. The third-order valence-electron chi connectivity index (χ3n) is 4.48. The third kappa shape index (κ3) is 3.40. The summed E-state index contributed by atoms with van der Waals surface area (Å²) in [5.41, 5.74) is 0.459. The topological polar surface area (TPSA) is 87.7 Å². The first kappa shape index (κ1) is 16.2. The molecule has 8 nitrogen and oxygen atoms in total. The second-order valence-corrected chi connectivity index (χ2v) is 6.61. The summed E-state index contributed by atoms with van der Waals surface area (Å²) < 4.78 is 8.66. The molecular formula is C16H17ClN6O2. The lowest BCUT2D eigenvalue weighted by atomic mass is 10.0. The minimum Gasteiger partial charge on any atom is -0.381 e. The molecule has 0 spiro atoms. The molecule has 3 heterocycles. The zero-order chi connectivity index (χ0) is 17.2. The molecule has 9 heteroatoms. The predicted molar refractivity (Wildman–Crippen MR) is 91.5 cm³/mol. The fourth-order valence-electron chi connectivity index (χ4n) is 3.05. The van der Waals surface area contributed by atoms with E-state index in [1.54, 1.807) is 22.9 Å². The first-order valence-corrected chi connectivity index (χ1v) is 8.56. The average Bonchev–Trinajstić information content (AvgIpc) is 3.05. The van der Waals surface area contributed by atoms with E-state index in [4.69, 9.17) is 16.3 Å². The van der Waals surface area contributed by atoms with Crippen LogP contribution in [-0.4, -0.2) is 43.0 Å². The quantitative estimate of drug-likeness (QED) is 0.700. The van der Waals surface area contributed by atoms with Gasteiger partial charge in [0.1, 0.15) is 0 Å². The van der Waals surface area contributed by atoms with Gasteiger partial charge in [-0.2, -0.15) is 0 Å². The molecule has 1 fully saturated rings. The SMILES string of the molecule is O=c1c2cc(Cl)ccc2ncn1Cc1nnnn1CC1CCOCC1. The Morgan fingerprint density at radius 3 is 2.96 bits per heavy atom. The summed E-state index contributed by atoms with van der Waals surface area (Å²) in [5, 5.41) is 12.9. The number of hydrogen-bond donors (Lipinski definition) is 0. The third-order valence-corrected chi connectivity index (χ3v) is 4.71. The van der Waals surface area contributed by atoms with E-state index in [9.17, 15) is 4.79 Å². The summed E-state index contributed by atoms with van der Waals surface area (Å²) in [5.74, 6) is 1.12. The van der Waals surface area contributed by atoms with Crippen LogP contribution < -0.4 is 5.56 Å². The summed E-state index contributed by atoms with van der Waals surface area (Å²) in [6, 6.07) is 5.08. The van der Waals surface area contributed by atoms with Gasteiger partial charge in [0.15, 0.2) is 5.82 Å². The Morgan fingerprint density at radius 1 is 1.28 bits per heavy atom. The van der Waals surface area contributed by atoms with Crippen molar-refractivity contribution < 1.29 is 4.74 Å². The van der Waals surface area contributed by atoms with E-state index in [-0.39, 0.29) is 12.1 Å². The van der Waals surface area contributed by atoms with Gasteiger partial charge in [-0.25, -0.2) is 9.67 Å². The van der Waals surface area contributed by atoms with Gasteiger partial charge in [0.2, 0.25) is 0 Å². The maximum absolute atomic E-state index is 12.7. The van der Waals surface area contributed by atoms with Crippen molar-refractivity contribution in [3.05, 3.63) is 45.7 Å². The number of tetrazole rings is 1. The van der Waals surface area contributed by atoms with E-state index in [0.717, 1.165) is 32.6 Å². The van der Waals surface area contributed by atoms with Crippen molar-refractivity contribution in [3.63, 3.8) is 0 Å². The first-order valence-electron chi connectivity index (χ1n) is 8.18. The molecule has 0 saturated carbocycles. The molecule has 1 aliphatic rings. The van der Waals surface area contributed by atoms with Gasteiger partial charge in [-0.05, 0) is 47.4 Å². The van der Waals surface area contributed by atoms with E-state index in [2.05, 4.69) is 20.5 Å². The van der Waals surface area contributed by atoms with E-state index in [1.807, 2.05) is 0 Å². The van der Waals surface area contributed by atoms with Gasteiger partial charge in [-0.1, -0.05) is 11.6 Å². The molecule has 3 aromatic rings. The average molecular weight is 361 g/mol. The van der Waals surface area contributed by atoms with Crippen LogP contribution in [0.1, 0.15) is 18.7 Å². The van der Waals surface area contributed by atoms with Crippen molar-refractivity contribution in [3.8, 4) is 0 Å². The van der Waals surface area contributed by atoms with Crippen LogP contribution in [0.25, 0.3) is 10.9 Å². The van der Waals surface area contributed by atoms with Crippen molar-refractivity contribution in [1.82, 2.24) is 29.8 Å². The molecule has 25 heavy (non-hydrogen) atoms. The Bertz CT molecular complexity index is 947. The van der Waals surface area contributed by atoms with Crippen molar-refractivity contribution in [2.45, 2.75) is 25.9 Å². The molecule has 0 amide bonds. The van der Waals surface area contributed by atoms with Crippen LogP contribution in [0.5, 0.6) is 0 Å². The van der Waals surface area contributed by atoms with E-state index >= 15 is 0 Å². The molecule has 0 radical (unpaired) electrons. The Kier molecular flexibility index (Phi) is 4.46. The molecule has 130 valence electrons. The second kappa shape index (κ2) is 6.89. The van der Waals surface area contributed by atoms with Crippen LogP contribution in [0.3, 0.4) is 0 Å². The number of halogens is 1. The van der Waals surface area contributed by atoms with Crippen molar-refractivity contribution >= 4 is 22.5 Å². The number of benzene rings is 1. The van der Waals surface area contributed by atoms with Crippen molar-refractivity contribution in [2.75, 3.05) is 13.2 Å². The summed E-state index contributed by atoms with van der Waals surface area (Å²) >= 11 is 6.00. The van der Waals surface area contributed by atoms with Gasteiger partial charge in [0, 0.05) is 24.8 Å². The Morgan fingerprint density at radius 2 is 2.12 bits per heavy atom. The van der Waals surface area contributed by atoms with Gasteiger partial charge >= 0.3 is 0 Å². The number of fused-ring (bicyclic) bond motifs is 1. The van der Waals surface area contributed by atoms with E-state index in [0.29, 0.717) is 27.7 Å². The molecule has 0 unspecified atom stereocenters. The van der Waals surface area contributed by atoms with Crippen LogP contribution in [-0.2, 0) is 17.8 Å². The summed E-state index contributed by atoms with van der Waals surface area (Å²) in [7, 11) is 0. The highest BCUT2D eigenvalue weighted by molar-refractivity contribution is 6.31. The molecule has 0 aliphatic carbocycles. The van der Waals surface area contributed by atoms with E-state index < -0.39 is 0 Å². The Balaban J connectivity index is 1.60. The first-order chi connectivity index (χ1) is 12.2. The Hall–Kier alpha value is -2.32. The maximum atomic E-state index is 12.7. The summed E-state index contributed by atoms with van der Waals surface area (Å²) in [4.78, 5) is 17.0. The fraction of sp³-hybridized carbons (Fsp3) is 0.438. The van der Waals surface area contributed by atoms with Crippen molar-refractivity contribution in [2.24, 2.45) is 5.92 Å². The normalized spacial score (nSPS) is 15.7. The van der Waals surface area contributed by atoms with Crippen LogP contribution in [0.4, 0.5) is 0 Å². The molecule has 0 bridgehead atoms. The zero-order valence-corrected chi connectivity index (χ0v) is 14.3. The highest BCUT2D eigenvalue weighted by Gasteiger charge is 2.18. The molecule has 4 rings (SSSR count). The fourth-order valence-corrected chi connectivity index (χ4v) is 3.22. The van der Waals surface area contributed by atoms with Crippen LogP contribution in [0.15, 0.2) is 29.3 Å². The molecule has 1 aromatic carbocycles. The largest absolute Gasteiger partial charge is 0.381 e. The van der Waals surface area contributed by atoms with Crippen LogP contribution in [0.2, 0.25) is 5.02 Å². The zero-order valence-electron chi connectivity index (χ0n) is 13.5. The molecule has 0 atom stereocenters. The summed E-state index contributed by atoms with van der Waals surface area (Å²) in [6.07, 6.45) is 3.51. The molecule has 1 saturated heterocycles. The summed E-state index contributed by atoms with van der Waals surface area (Å²) in [6.45, 7) is 2.55. The maximum Gasteiger partial charge on any atom is 0.261 e. The van der Waals surface area contributed by atoms with Crippen LogP contribution >= 0.6 is 11.6 Å². The number of aromatic nitrogens is 6. The van der Waals surface area contributed by atoms with Crippen molar-refractivity contribution in [1.29, 1.82) is 0 Å². The standard InChI is InChI=1S/C16H17ClN6O2/c17-12-1-2-14-13(7-12)16(24)22(10-18-14)9-15-19-20-21-23(15)8-11-3-5-25-6-4-11/h1-2,7,10-11H,3-6,8-9H2. The Labute approximate surface area is 148 Å². The molecule has 2 aromatic heterocycles. The molecule has 0 N–H and O–H groups in total. The van der Waals surface area contributed by atoms with Crippen LogP contribution in [0, 0.1) is 5.92 Å². The number of nitrogens with zero attached hydrogens (tertiary/aromatic N) is 6. The number of rotatable bonds is 4. The smallest absolute Gasteiger partial charge is 0.261 e. The second-order valence-electron chi connectivity index (χ2n) is 6.17. The number of ether oxygens (including phenoxy) is 1. The van der Waals surface area contributed by atoms with E-state index in [1.165, 1.54) is 10.9 Å². The van der Waals surface area contributed by atoms with Gasteiger partial charge in [0.05, 0.1) is 23.8 Å². The lowest BCUT2D eigenvalue weighted by Crippen LogP contribution is -2.25. The van der Waals surface area contributed by atoms with Gasteiger partial charge in [0.25, 0.3) is 5.56 Å². The predicted octanol–water partition coefficient (Wildman–Crippen LogP) is 1.51. The lowest BCUT2D eigenvalue weighted by molar-refractivity contribution is 0.0596. The molecular weight excluding hydrogens is 344 g/mol. The number of hydrogen-bond acceptors (Lipinski definition) is 6. The van der Waals surface area contributed by atoms with Gasteiger partial charge in [-0.3, -0.25) is 9.36 Å². The lowest BCUT2D eigenvalue weighted by Gasteiger charge is -2.21. The highest BCUT2D eigenvalue weighted by Crippen LogP contribution is 2.17. The highest BCUT2D eigenvalue weighted by atomic mass is 35.5.